The van der Waals surface area contributed by atoms with E-state index in [-0.39, 0.29) is 18.1 Å². The van der Waals surface area contributed by atoms with Crippen molar-refractivity contribution in [3.8, 4) is 5.75 Å². The number of likely N-dealkylation sites (N-methyl/N-ethyl adjacent to an activating group) is 1. The van der Waals surface area contributed by atoms with Crippen molar-refractivity contribution in [3.05, 3.63) is 24.3 Å². The fraction of sp³-hybridized carbons (Fsp3) is 0.611. The molecule has 2 bridgehead atoms. The van der Waals surface area contributed by atoms with Crippen LogP contribution in [0.3, 0.4) is 0 Å². The minimum atomic E-state index is -0.0354. The van der Waals surface area contributed by atoms with Gasteiger partial charge in [0.15, 0.2) is 0 Å². The highest BCUT2D eigenvalue weighted by atomic mass is 16.5. The molecule has 3 heterocycles. The van der Waals surface area contributed by atoms with Crippen LogP contribution in [-0.2, 0) is 4.79 Å². The highest BCUT2D eigenvalue weighted by Crippen LogP contribution is 2.37. The average Bonchev–Trinajstić information content (AvgIpc) is 2.98. The molecule has 23 heavy (non-hydrogen) atoms. The molecular weight excluding hydrogens is 290 g/mol. The second-order valence-corrected chi connectivity index (χ2v) is 7.09. The van der Waals surface area contributed by atoms with E-state index >= 15 is 0 Å². The quantitative estimate of drug-likeness (QED) is 0.788. The molecule has 4 rings (SSSR count). The van der Waals surface area contributed by atoms with E-state index in [0.29, 0.717) is 6.04 Å². The predicted molar refractivity (Wildman–Crippen MR) is 89.9 cm³/mol. The maximum atomic E-state index is 13.1. The molecule has 0 spiro atoms. The lowest BCUT2D eigenvalue weighted by atomic mass is 10.0. The third-order valence-electron chi connectivity index (χ3n) is 5.59. The van der Waals surface area contributed by atoms with Gasteiger partial charge in [-0.1, -0.05) is 12.1 Å². The van der Waals surface area contributed by atoms with Gasteiger partial charge in [-0.3, -0.25) is 9.69 Å². The Morgan fingerprint density at radius 2 is 1.87 bits per heavy atom. The first-order chi connectivity index (χ1) is 11.1. The van der Waals surface area contributed by atoms with Gasteiger partial charge in [0.1, 0.15) is 11.9 Å². The highest BCUT2D eigenvalue weighted by Gasteiger charge is 2.44. The van der Waals surface area contributed by atoms with E-state index in [0.717, 1.165) is 50.3 Å². The molecular formula is C18H25N3O2. The van der Waals surface area contributed by atoms with Crippen LogP contribution in [0.15, 0.2) is 24.3 Å². The number of ether oxygens (including phenoxy) is 1. The second-order valence-electron chi connectivity index (χ2n) is 7.09. The number of amides is 1. The fourth-order valence-electron chi connectivity index (χ4n) is 4.24. The molecule has 5 heteroatoms. The van der Waals surface area contributed by atoms with Gasteiger partial charge in [-0.2, -0.15) is 0 Å². The van der Waals surface area contributed by atoms with Gasteiger partial charge < -0.3 is 14.5 Å². The summed E-state index contributed by atoms with van der Waals surface area (Å²) >= 11 is 0. The molecule has 1 amide bonds. The lowest BCUT2D eigenvalue weighted by Crippen LogP contribution is -2.51. The molecule has 2 atom stereocenters. The van der Waals surface area contributed by atoms with Crippen molar-refractivity contribution in [1.29, 1.82) is 0 Å². The summed E-state index contributed by atoms with van der Waals surface area (Å²) in [6.45, 7) is 3.10. The number of rotatable bonds is 1. The summed E-state index contributed by atoms with van der Waals surface area (Å²) in [7, 11) is 4.04. The zero-order valence-electron chi connectivity index (χ0n) is 13.9. The SMILES string of the molecule is CN1CCC(N2C[C@@H]3C[C@H]2C(=O)N(C)c2ccccc2O3)CC1. The van der Waals surface area contributed by atoms with Gasteiger partial charge in [-0.05, 0) is 45.1 Å². The summed E-state index contributed by atoms with van der Waals surface area (Å²) < 4.78 is 6.24. The second kappa shape index (κ2) is 5.80. The molecule has 0 aromatic heterocycles. The van der Waals surface area contributed by atoms with E-state index in [4.69, 9.17) is 4.74 Å². The maximum absolute atomic E-state index is 13.1. The van der Waals surface area contributed by atoms with Crippen molar-refractivity contribution in [2.75, 3.05) is 38.6 Å². The Balaban J connectivity index is 1.61. The van der Waals surface area contributed by atoms with E-state index in [9.17, 15) is 4.79 Å². The van der Waals surface area contributed by atoms with Gasteiger partial charge in [-0.25, -0.2) is 0 Å². The van der Waals surface area contributed by atoms with Crippen LogP contribution in [0.5, 0.6) is 5.75 Å². The fourth-order valence-corrected chi connectivity index (χ4v) is 4.24. The van der Waals surface area contributed by atoms with Crippen LogP contribution >= 0.6 is 0 Å². The maximum Gasteiger partial charge on any atom is 0.244 e. The summed E-state index contributed by atoms with van der Waals surface area (Å²) in [5.41, 5.74) is 0.887. The van der Waals surface area contributed by atoms with Gasteiger partial charge in [0.2, 0.25) is 5.91 Å². The number of piperidine rings is 1. The van der Waals surface area contributed by atoms with Crippen LogP contribution in [-0.4, -0.2) is 67.6 Å². The van der Waals surface area contributed by atoms with Gasteiger partial charge in [0.25, 0.3) is 0 Å². The van der Waals surface area contributed by atoms with Gasteiger partial charge in [-0.15, -0.1) is 0 Å². The Labute approximate surface area is 137 Å². The van der Waals surface area contributed by atoms with E-state index in [1.54, 1.807) is 4.90 Å². The first-order valence-corrected chi connectivity index (χ1v) is 8.61. The monoisotopic (exact) mass is 315 g/mol. The van der Waals surface area contributed by atoms with Gasteiger partial charge in [0.05, 0.1) is 11.7 Å². The number of likely N-dealkylation sites (tertiary alicyclic amines) is 2. The number of benzene rings is 1. The standard InChI is InChI=1S/C18H25N3O2/c1-19-9-7-13(8-10-19)21-12-14-11-16(21)18(22)20(2)15-5-3-4-6-17(15)23-14/h3-6,13-14,16H,7-12H2,1-2H3/t14-,16-/m0/s1. The van der Waals surface area contributed by atoms with E-state index in [1.807, 2.05) is 31.3 Å². The lowest BCUT2D eigenvalue weighted by Gasteiger charge is -2.38. The molecule has 0 radical (unpaired) electrons. The molecule has 5 nitrogen and oxygen atoms in total. The number of anilines is 1. The molecule has 3 aliphatic heterocycles. The van der Waals surface area contributed by atoms with Crippen LogP contribution in [0, 0.1) is 0 Å². The Morgan fingerprint density at radius 1 is 1.13 bits per heavy atom. The zero-order valence-corrected chi connectivity index (χ0v) is 13.9. The van der Waals surface area contributed by atoms with Crippen molar-refractivity contribution in [1.82, 2.24) is 9.80 Å². The Hall–Kier alpha value is -1.59. The normalized spacial score (nSPS) is 29.8. The lowest BCUT2D eigenvalue weighted by molar-refractivity contribution is -0.123. The van der Waals surface area contributed by atoms with Crippen molar-refractivity contribution in [2.24, 2.45) is 0 Å². The molecule has 3 aliphatic rings. The number of hydrogen-bond donors (Lipinski definition) is 0. The average molecular weight is 315 g/mol. The van der Waals surface area contributed by atoms with Crippen LogP contribution in [0.1, 0.15) is 19.3 Å². The predicted octanol–water partition coefficient (Wildman–Crippen LogP) is 1.58. The Bertz CT molecular complexity index is 598. The van der Waals surface area contributed by atoms with E-state index < -0.39 is 0 Å². The van der Waals surface area contributed by atoms with Crippen LogP contribution in [0.25, 0.3) is 0 Å². The minimum Gasteiger partial charge on any atom is -0.487 e. The largest absolute Gasteiger partial charge is 0.487 e. The smallest absolute Gasteiger partial charge is 0.244 e. The Morgan fingerprint density at radius 3 is 2.65 bits per heavy atom. The molecule has 0 saturated carbocycles. The molecule has 1 aromatic rings. The number of hydrogen-bond acceptors (Lipinski definition) is 4. The number of carbonyl (C=O) groups is 1. The highest BCUT2D eigenvalue weighted by molar-refractivity contribution is 5.98. The zero-order chi connectivity index (χ0) is 16.0. The number of para-hydroxylation sites is 2. The van der Waals surface area contributed by atoms with Crippen LogP contribution < -0.4 is 9.64 Å². The minimum absolute atomic E-state index is 0.0354. The van der Waals surface area contributed by atoms with Crippen LogP contribution in [0.4, 0.5) is 5.69 Å². The van der Waals surface area contributed by atoms with E-state index in [1.165, 1.54) is 0 Å². The molecule has 124 valence electrons. The first kappa shape index (κ1) is 15.0. The first-order valence-electron chi connectivity index (χ1n) is 8.61. The van der Waals surface area contributed by atoms with Crippen molar-refractivity contribution < 1.29 is 9.53 Å². The number of carbonyl (C=O) groups excluding carboxylic acids is 1. The van der Waals surface area contributed by atoms with Crippen molar-refractivity contribution in [2.45, 2.75) is 37.5 Å². The van der Waals surface area contributed by atoms with E-state index in [2.05, 4.69) is 16.8 Å². The van der Waals surface area contributed by atoms with Crippen molar-refractivity contribution in [3.63, 3.8) is 0 Å². The number of nitrogens with zero attached hydrogens (tertiary/aromatic N) is 3. The van der Waals surface area contributed by atoms with Gasteiger partial charge in [0, 0.05) is 26.1 Å². The molecule has 1 aromatic carbocycles. The molecule has 0 aliphatic carbocycles. The number of fused-ring (bicyclic) bond motifs is 3. The summed E-state index contributed by atoms with van der Waals surface area (Å²) in [6, 6.07) is 8.34. The third kappa shape index (κ3) is 2.62. The third-order valence-corrected chi connectivity index (χ3v) is 5.59. The van der Waals surface area contributed by atoms with Gasteiger partial charge >= 0.3 is 0 Å². The summed E-state index contributed by atoms with van der Waals surface area (Å²) in [4.78, 5) is 19.6. The Kier molecular flexibility index (Phi) is 3.77. The molecule has 0 unspecified atom stereocenters. The summed E-state index contributed by atoms with van der Waals surface area (Å²) in [6.07, 6.45) is 3.22. The summed E-state index contributed by atoms with van der Waals surface area (Å²) in [5.74, 6) is 1.04. The summed E-state index contributed by atoms with van der Waals surface area (Å²) in [5, 5.41) is 0. The molecule has 0 N–H and O–H groups in total. The van der Waals surface area contributed by atoms with Crippen molar-refractivity contribution >= 4 is 11.6 Å². The molecule has 2 saturated heterocycles. The van der Waals surface area contributed by atoms with Crippen LogP contribution in [0.2, 0.25) is 0 Å². The molecule has 2 fully saturated rings. The topological polar surface area (TPSA) is 36.0 Å².